The summed E-state index contributed by atoms with van der Waals surface area (Å²) < 4.78 is 12.3. The second-order valence-corrected chi connectivity index (χ2v) is 23.0. The minimum absolute atomic E-state index is 0.0600. The summed E-state index contributed by atoms with van der Waals surface area (Å²) in [6, 6.07) is 15.5. The number of nitrogens with zero attached hydrogens (tertiary/aromatic N) is 2. The Morgan fingerprint density at radius 2 is 1.34 bits per heavy atom. The summed E-state index contributed by atoms with van der Waals surface area (Å²) in [5.41, 5.74) is 6.83. The predicted molar refractivity (Wildman–Crippen MR) is 280 cm³/mol. The lowest BCUT2D eigenvalue weighted by Gasteiger charge is -2.35. The summed E-state index contributed by atoms with van der Waals surface area (Å²) in [6.07, 6.45) is 2.18. The van der Waals surface area contributed by atoms with Gasteiger partial charge in [-0.05, 0) is 93.2 Å². The second-order valence-electron chi connectivity index (χ2n) is 19.8. The highest BCUT2D eigenvalue weighted by Gasteiger charge is 2.56. The molecule has 0 spiro atoms. The van der Waals surface area contributed by atoms with E-state index in [1.54, 1.807) is 47.3 Å². The number of primary amides is 1. The number of hydrogen-bond acceptors (Lipinski definition) is 12. The molecule has 4 saturated heterocycles. The van der Waals surface area contributed by atoms with Crippen molar-refractivity contribution in [3.05, 3.63) is 71.8 Å². The van der Waals surface area contributed by atoms with Gasteiger partial charge in [-0.1, -0.05) is 112 Å². The Morgan fingerprint density at radius 1 is 0.786 bits per heavy atom. The molecule has 2 aromatic carbocycles. The van der Waals surface area contributed by atoms with Crippen LogP contribution in [0.2, 0.25) is 0 Å². The average Bonchev–Trinajstić information content (AvgIpc) is 3.67. The lowest BCUT2D eigenvalue weighted by atomic mass is 9.83. The molecule has 0 saturated carbocycles. The van der Waals surface area contributed by atoms with Crippen molar-refractivity contribution >= 4 is 70.3 Å². The quantitative estimate of drug-likeness (QED) is 0.0720. The van der Waals surface area contributed by atoms with Crippen LogP contribution >= 0.6 is 35.7 Å². The second kappa shape index (κ2) is 24.6. The lowest BCUT2D eigenvalue weighted by Crippen LogP contribution is -2.58. The number of benzene rings is 2. The van der Waals surface area contributed by atoms with Gasteiger partial charge in [0.2, 0.25) is 29.5 Å². The average molecular weight is 1020 g/mol. The molecule has 4 unspecified atom stereocenters. The van der Waals surface area contributed by atoms with Crippen LogP contribution in [0.15, 0.2) is 60.7 Å². The third kappa shape index (κ3) is 13.2. The number of nitrogens with two attached hydrogens (primary N) is 1. The van der Waals surface area contributed by atoms with Crippen LogP contribution in [-0.2, 0) is 33.4 Å². The van der Waals surface area contributed by atoms with Gasteiger partial charge < -0.3 is 51.6 Å². The molecule has 11 atom stereocenters. The van der Waals surface area contributed by atoms with Crippen molar-refractivity contribution < 1.29 is 33.4 Å². The van der Waals surface area contributed by atoms with E-state index < -0.39 is 53.0 Å². The first kappa shape index (κ1) is 54.7. The van der Waals surface area contributed by atoms with Gasteiger partial charge in [-0.25, -0.2) is 0 Å². The highest BCUT2D eigenvalue weighted by molar-refractivity contribution is 8.00. The number of hydrogen-bond donors (Lipinski definition) is 6. The van der Waals surface area contributed by atoms with E-state index in [-0.39, 0.29) is 71.4 Å². The zero-order valence-electron chi connectivity index (χ0n) is 41.5. The number of rotatable bonds is 18. The van der Waals surface area contributed by atoms with Gasteiger partial charge >= 0.3 is 0 Å². The van der Waals surface area contributed by atoms with Crippen LogP contribution in [0, 0.1) is 34.5 Å². The summed E-state index contributed by atoms with van der Waals surface area (Å²) in [5, 5.41) is 15.0. The molecule has 0 aromatic heterocycles. The van der Waals surface area contributed by atoms with Gasteiger partial charge in [-0.15, -0.1) is 23.5 Å². The van der Waals surface area contributed by atoms with E-state index in [4.69, 9.17) is 27.4 Å². The number of carbonyl (C=O) groups is 5. The Balaban J connectivity index is 1.08. The molecule has 18 heteroatoms. The van der Waals surface area contributed by atoms with E-state index in [1.807, 2.05) is 90.2 Å². The van der Waals surface area contributed by atoms with Gasteiger partial charge in [-0.2, -0.15) is 0 Å². The van der Waals surface area contributed by atoms with Gasteiger partial charge in [0.15, 0.2) is 0 Å². The Kier molecular flexibility index (Phi) is 19.2. The maximum atomic E-state index is 14.4. The SMILES string of the molecule is CN[C@@H](C)C(=O)N[C@H]1CCS[C@H]2CC(C)(C)[C@@H](C(=O)N[C@H](COCC#CC#CCOC[C@H](c3ccccc3)C3CC(NC(=S)[C@H](C)NC)C(=O)N4C(CC(C)(C)C4C(N)=O)S3)c3ccccc3)N2C1=O. The lowest BCUT2D eigenvalue weighted by molar-refractivity contribution is -0.144. The van der Waals surface area contributed by atoms with Crippen molar-refractivity contribution in [1.82, 2.24) is 36.4 Å². The molecule has 2 aromatic rings. The van der Waals surface area contributed by atoms with E-state index in [2.05, 4.69) is 62.4 Å². The molecular weight excluding hydrogens is 945 g/mol. The number of carbonyl (C=O) groups excluding carboxylic acids is 5. The minimum atomic E-state index is -0.760. The molecule has 6 rings (SSSR count). The fourth-order valence-electron chi connectivity index (χ4n) is 9.87. The van der Waals surface area contributed by atoms with Crippen LogP contribution in [0.1, 0.15) is 90.3 Å². The number of amides is 5. The van der Waals surface area contributed by atoms with Crippen molar-refractivity contribution in [1.29, 1.82) is 0 Å². The Bertz CT molecular complexity index is 2320. The molecule has 4 heterocycles. The summed E-state index contributed by atoms with van der Waals surface area (Å²) in [6.45, 7) is 12.3. The van der Waals surface area contributed by atoms with Crippen molar-refractivity contribution in [2.45, 2.75) is 131 Å². The molecule has 5 amide bonds. The third-order valence-electron chi connectivity index (χ3n) is 13.8. The van der Waals surface area contributed by atoms with Crippen LogP contribution in [0.5, 0.6) is 0 Å². The predicted octanol–water partition coefficient (Wildman–Crippen LogP) is 3.69. The fraction of sp³-hybridized carbons (Fsp3) is 0.577. The summed E-state index contributed by atoms with van der Waals surface area (Å²) in [7, 11) is 3.50. The molecule has 4 aliphatic rings. The Morgan fingerprint density at radius 3 is 1.96 bits per heavy atom. The maximum Gasteiger partial charge on any atom is 0.246 e. The molecule has 7 N–H and O–H groups in total. The molecule has 15 nitrogen and oxygen atoms in total. The first-order valence-electron chi connectivity index (χ1n) is 24.1. The van der Waals surface area contributed by atoms with Gasteiger partial charge in [0.05, 0.1) is 47.1 Å². The van der Waals surface area contributed by atoms with Crippen molar-refractivity contribution in [2.24, 2.45) is 16.6 Å². The number of thioether (sulfide) groups is 2. The Hall–Kier alpha value is -4.66. The van der Waals surface area contributed by atoms with Gasteiger partial charge in [0.25, 0.3) is 0 Å². The Labute approximate surface area is 427 Å². The number of likely N-dealkylation sites (N-methyl/N-ethyl adjacent to an activating group) is 2. The molecule has 70 heavy (non-hydrogen) atoms. The normalized spacial score (nSPS) is 26.3. The fourth-order valence-corrected chi connectivity index (χ4v) is 13.7. The highest BCUT2D eigenvalue weighted by atomic mass is 32.2. The van der Waals surface area contributed by atoms with E-state index in [9.17, 15) is 24.0 Å². The van der Waals surface area contributed by atoms with E-state index in [0.29, 0.717) is 43.0 Å². The van der Waals surface area contributed by atoms with Crippen molar-refractivity contribution in [3.8, 4) is 23.7 Å². The molecule has 378 valence electrons. The topological polar surface area (TPSA) is 196 Å². The molecule has 0 aliphatic carbocycles. The van der Waals surface area contributed by atoms with Crippen molar-refractivity contribution in [3.63, 3.8) is 0 Å². The van der Waals surface area contributed by atoms with Crippen LogP contribution in [-0.4, -0.2) is 143 Å². The van der Waals surface area contributed by atoms with Crippen LogP contribution in [0.25, 0.3) is 0 Å². The number of thiocarbonyl (C=S) groups is 1. The van der Waals surface area contributed by atoms with Gasteiger partial charge in [0.1, 0.15) is 37.4 Å². The maximum absolute atomic E-state index is 14.4. The van der Waals surface area contributed by atoms with Crippen LogP contribution < -0.4 is 32.3 Å². The van der Waals surface area contributed by atoms with Crippen molar-refractivity contribution in [2.75, 3.05) is 46.3 Å². The summed E-state index contributed by atoms with van der Waals surface area (Å²) in [4.78, 5) is 72.5. The van der Waals surface area contributed by atoms with E-state index in [1.165, 1.54) is 0 Å². The zero-order chi connectivity index (χ0) is 50.8. The molecular formula is C52H70N8O7S3. The first-order chi connectivity index (χ1) is 33.4. The molecule has 4 aliphatic heterocycles. The third-order valence-corrected chi connectivity index (χ3v) is 17.1. The summed E-state index contributed by atoms with van der Waals surface area (Å²) >= 11 is 9.05. The van der Waals surface area contributed by atoms with E-state index >= 15 is 0 Å². The number of ether oxygens (including phenoxy) is 2. The number of fused-ring (bicyclic) bond motifs is 2. The molecule has 0 radical (unpaired) electrons. The smallest absolute Gasteiger partial charge is 0.246 e. The minimum Gasteiger partial charge on any atom is -0.368 e. The highest BCUT2D eigenvalue weighted by Crippen LogP contribution is 2.50. The van der Waals surface area contributed by atoms with Gasteiger partial charge in [0, 0.05) is 11.2 Å². The monoisotopic (exact) mass is 1010 g/mol. The standard InChI is InChI=1S/C52H70N8O7S3/c1-32(54-7)46(62)56-37-23-26-69-41-28-52(5,6)44(59(41)49(37)64)47(63)57-39(35-21-15-12-16-22-35)31-67-25-18-10-9-17-24-66-30-36(34-19-13-11-14-20-34)40-27-38(58-48(68)33(2)55-8)50(65)60-42(70-40)29-51(3,4)43(60)45(53)61/h11-16,19-22,32-33,36-44,54-55H,23-31H2,1-8H3,(H2,53,61)(H,56,62)(H,57,63)(H,58,68)/t32-,33-,36+,37-,38?,39+,40?,41-,42?,43?,44+/m0/s1. The number of nitrogens with one attached hydrogen (secondary N) is 5. The largest absolute Gasteiger partial charge is 0.368 e. The first-order valence-corrected chi connectivity index (χ1v) is 26.5. The summed E-state index contributed by atoms with van der Waals surface area (Å²) in [5.74, 6) is 10.7. The van der Waals surface area contributed by atoms with Gasteiger partial charge in [-0.3, -0.25) is 24.0 Å². The van der Waals surface area contributed by atoms with Crippen LogP contribution in [0.3, 0.4) is 0 Å². The zero-order valence-corrected chi connectivity index (χ0v) is 44.0. The van der Waals surface area contributed by atoms with E-state index in [0.717, 1.165) is 11.1 Å². The van der Waals surface area contributed by atoms with Crippen LogP contribution in [0.4, 0.5) is 0 Å². The molecule has 0 bridgehead atoms. The molecule has 4 fully saturated rings.